The second-order valence-electron chi connectivity index (χ2n) is 7.39. The standard InChI is InChI=1S/C22H28N2O2S/c1-16-9-10-18(17(2)14-16)6-3-11-23-21(25)19-7-4-12-24(15-19)22(26)20-8-5-13-27-20/h5,8-10,13-14,19H,3-4,6-7,11-12,15H2,1-2H3,(H,23,25). The summed E-state index contributed by atoms with van der Waals surface area (Å²) in [4.78, 5) is 27.6. The van der Waals surface area contributed by atoms with E-state index in [0.29, 0.717) is 13.1 Å². The Labute approximate surface area is 165 Å². The molecule has 5 heteroatoms. The van der Waals surface area contributed by atoms with Gasteiger partial charge in [-0.05, 0) is 62.1 Å². The number of carbonyl (C=O) groups is 2. The van der Waals surface area contributed by atoms with E-state index in [1.807, 2.05) is 22.4 Å². The molecule has 0 saturated carbocycles. The SMILES string of the molecule is Cc1ccc(CCCNC(=O)C2CCCN(C(=O)c3cccs3)C2)c(C)c1. The number of hydrogen-bond acceptors (Lipinski definition) is 3. The molecule has 144 valence electrons. The number of nitrogens with zero attached hydrogens (tertiary/aromatic N) is 1. The fraction of sp³-hybridized carbons (Fsp3) is 0.455. The van der Waals surface area contributed by atoms with Gasteiger partial charge >= 0.3 is 0 Å². The summed E-state index contributed by atoms with van der Waals surface area (Å²) in [7, 11) is 0. The molecule has 1 saturated heterocycles. The van der Waals surface area contributed by atoms with Crippen LogP contribution in [0, 0.1) is 19.8 Å². The van der Waals surface area contributed by atoms with Gasteiger partial charge in [0.25, 0.3) is 5.91 Å². The number of amides is 2. The van der Waals surface area contributed by atoms with Crippen LogP contribution < -0.4 is 5.32 Å². The zero-order valence-corrected chi connectivity index (χ0v) is 17.0. The smallest absolute Gasteiger partial charge is 0.263 e. The van der Waals surface area contributed by atoms with Crippen molar-refractivity contribution in [3.63, 3.8) is 0 Å². The van der Waals surface area contributed by atoms with Crippen LogP contribution in [0.1, 0.15) is 45.6 Å². The van der Waals surface area contributed by atoms with E-state index < -0.39 is 0 Å². The molecule has 27 heavy (non-hydrogen) atoms. The molecule has 1 aromatic carbocycles. The molecular formula is C22H28N2O2S. The van der Waals surface area contributed by atoms with Crippen molar-refractivity contribution in [1.82, 2.24) is 10.2 Å². The third-order valence-corrected chi connectivity index (χ3v) is 6.09. The van der Waals surface area contributed by atoms with Gasteiger partial charge in [-0.25, -0.2) is 0 Å². The van der Waals surface area contributed by atoms with Gasteiger partial charge in [0.05, 0.1) is 10.8 Å². The van der Waals surface area contributed by atoms with Crippen molar-refractivity contribution in [3.05, 3.63) is 57.3 Å². The molecule has 0 aliphatic carbocycles. The topological polar surface area (TPSA) is 49.4 Å². The number of thiophene rings is 1. The van der Waals surface area contributed by atoms with Crippen molar-refractivity contribution in [1.29, 1.82) is 0 Å². The van der Waals surface area contributed by atoms with Crippen LogP contribution in [0.2, 0.25) is 0 Å². The average molecular weight is 385 g/mol. The van der Waals surface area contributed by atoms with Gasteiger partial charge in [-0.15, -0.1) is 11.3 Å². The Kier molecular flexibility index (Phi) is 6.67. The molecule has 2 amide bonds. The molecule has 2 aromatic rings. The number of hydrogen-bond donors (Lipinski definition) is 1. The summed E-state index contributed by atoms with van der Waals surface area (Å²) in [6.45, 7) is 6.20. The van der Waals surface area contributed by atoms with Crippen LogP contribution in [0.4, 0.5) is 0 Å². The lowest BCUT2D eigenvalue weighted by Crippen LogP contribution is -2.45. The van der Waals surface area contributed by atoms with E-state index >= 15 is 0 Å². The first-order valence-corrected chi connectivity index (χ1v) is 10.6. The predicted molar refractivity (Wildman–Crippen MR) is 110 cm³/mol. The van der Waals surface area contributed by atoms with Crippen LogP contribution in [0.25, 0.3) is 0 Å². The fourth-order valence-corrected chi connectivity index (χ4v) is 4.38. The Bertz CT molecular complexity index is 786. The Morgan fingerprint density at radius 2 is 2.11 bits per heavy atom. The van der Waals surface area contributed by atoms with Gasteiger partial charge in [0, 0.05) is 19.6 Å². The third kappa shape index (κ3) is 5.19. The first-order valence-electron chi connectivity index (χ1n) is 9.71. The second kappa shape index (κ2) is 9.18. The molecular weight excluding hydrogens is 356 g/mol. The van der Waals surface area contributed by atoms with Gasteiger partial charge < -0.3 is 10.2 Å². The van der Waals surface area contributed by atoms with Crippen LogP contribution in [0.3, 0.4) is 0 Å². The molecule has 1 aliphatic heterocycles. The van der Waals surface area contributed by atoms with E-state index in [1.54, 1.807) is 0 Å². The van der Waals surface area contributed by atoms with Crippen LogP contribution in [-0.4, -0.2) is 36.3 Å². The third-order valence-electron chi connectivity index (χ3n) is 5.23. The van der Waals surface area contributed by atoms with Gasteiger partial charge in [0.1, 0.15) is 0 Å². The lowest BCUT2D eigenvalue weighted by molar-refractivity contribution is -0.126. The molecule has 4 nitrogen and oxygen atoms in total. The molecule has 1 unspecified atom stereocenters. The number of likely N-dealkylation sites (tertiary alicyclic amines) is 1. The van der Waals surface area contributed by atoms with Crippen molar-refractivity contribution in [2.24, 2.45) is 5.92 Å². The zero-order valence-electron chi connectivity index (χ0n) is 16.2. The summed E-state index contributed by atoms with van der Waals surface area (Å²) in [6, 6.07) is 10.3. The van der Waals surface area contributed by atoms with Crippen molar-refractivity contribution in [3.8, 4) is 0 Å². The summed E-state index contributed by atoms with van der Waals surface area (Å²) in [5.74, 6) is 0.0421. The Hall–Kier alpha value is -2.14. The maximum atomic E-state index is 12.5. The molecule has 1 N–H and O–H groups in total. The fourth-order valence-electron chi connectivity index (χ4n) is 3.69. The quantitative estimate of drug-likeness (QED) is 0.766. The minimum absolute atomic E-state index is 0.0531. The van der Waals surface area contributed by atoms with E-state index in [-0.39, 0.29) is 17.7 Å². The monoisotopic (exact) mass is 384 g/mol. The molecule has 3 rings (SSSR count). The largest absolute Gasteiger partial charge is 0.356 e. The summed E-state index contributed by atoms with van der Waals surface area (Å²) < 4.78 is 0. The Balaban J connectivity index is 1.44. The number of nitrogens with one attached hydrogen (secondary N) is 1. The molecule has 2 heterocycles. The minimum Gasteiger partial charge on any atom is -0.356 e. The van der Waals surface area contributed by atoms with Gasteiger partial charge in [-0.3, -0.25) is 9.59 Å². The van der Waals surface area contributed by atoms with E-state index in [0.717, 1.165) is 37.1 Å². The number of piperidine rings is 1. The van der Waals surface area contributed by atoms with Gasteiger partial charge in [-0.2, -0.15) is 0 Å². The van der Waals surface area contributed by atoms with Gasteiger partial charge in [0.2, 0.25) is 5.91 Å². The Morgan fingerprint density at radius 1 is 1.26 bits per heavy atom. The molecule has 1 atom stereocenters. The number of rotatable bonds is 6. The first-order chi connectivity index (χ1) is 13.0. The van der Waals surface area contributed by atoms with E-state index in [9.17, 15) is 9.59 Å². The highest BCUT2D eigenvalue weighted by Crippen LogP contribution is 2.20. The summed E-state index contributed by atoms with van der Waals surface area (Å²) >= 11 is 1.46. The summed E-state index contributed by atoms with van der Waals surface area (Å²) in [6.07, 6.45) is 3.65. The maximum Gasteiger partial charge on any atom is 0.263 e. The number of carbonyl (C=O) groups excluding carboxylic acids is 2. The normalized spacial score (nSPS) is 17.0. The molecule has 1 aromatic heterocycles. The highest BCUT2D eigenvalue weighted by Gasteiger charge is 2.29. The summed E-state index contributed by atoms with van der Waals surface area (Å²) in [5.41, 5.74) is 3.94. The Morgan fingerprint density at radius 3 is 2.85 bits per heavy atom. The minimum atomic E-state index is -0.0937. The molecule has 0 spiro atoms. The first kappa shape index (κ1) is 19.6. The molecule has 1 fully saturated rings. The number of aryl methyl sites for hydroxylation is 3. The van der Waals surface area contributed by atoms with Gasteiger partial charge in [0.15, 0.2) is 0 Å². The van der Waals surface area contributed by atoms with Crippen LogP contribution in [0.5, 0.6) is 0 Å². The molecule has 0 radical (unpaired) electrons. The predicted octanol–water partition coefficient (Wildman–Crippen LogP) is 3.97. The van der Waals surface area contributed by atoms with Crippen molar-refractivity contribution in [2.45, 2.75) is 39.5 Å². The zero-order chi connectivity index (χ0) is 19.2. The maximum absolute atomic E-state index is 12.5. The van der Waals surface area contributed by atoms with Crippen LogP contribution in [-0.2, 0) is 11.2 Å². The number of benzene rings is 1. The lowest BCUT2D eigenvalue weighted by Gasteiger charge is -2.31. The average Bonchev–Trinajstić information content (AvgIpc) is 3.20. The van der Waals surface area contributed by atoms with E-state index in [4.69, 9.17) is 0 Å². The summed E-state index contributed by atoms with van der Waals surface area (Å²) in [5, 5.41) is 4.99. The van der Waals surface area contributed by atoms with E-state index in [2.05, 4.69) is 37.4 Å². The molecule has 1 aliphatic rings. The highest BCUT2D eigenvalue weighted by atomic mass is 32.1. The molecule has 0 bridgehead atoms. The van der Waals surface area contributed by atoms with Crippen molar-refractivity contribution in [2.75, 3.05) is 19.6 Å². The highest BCUT2D eigenvalue weighted by molar-refractivity contribution is 7.12. The van der Waals surface area contributed by atoms with Crippen LogP contribution in [0.15, 0.2) is 35.7 Å². The van der Waals surface area contributed by atoms with Gasteiger partial charge in [-0.1, -0.05) is 29.8 Å². The van der Waals surface area contributed by atoms with Crippen LogP contribution >= 0.6 is 11.3 Å². The van der Waals surface area contributed by atoms with Crippen molar-refractivity contribution >= 4 is 23.2 Å². The second-order valence-corrected chi connectivity index (χ2v) is 8.34. The van der Waals surface area contributed by atoms with E-state index in [1.165, 1.54) is 28.0 Å². The van der Waals surface area contributed by atoms with Crippen molar-refractivity contribution < 1.29 is 9.59 Å². The lowest BCUT2D eigenvalue weighted by atomic mass is 9.96.